The van der Waals surface area contributed by atoms with Gasteiger partial charge < -0.3 is 4.98 Å². The highest BCUT2D eigenvalue weighted by atomic mass is 16.1. The second kappa shape index (κ2) is 5.78. The lowest BCUT2D eigenvalue weighted by Gasteiger charge is -2.34. The first kappa shape index (κ1) is 14.9. The Morgan fingerprint density at radius 3 is 2.74 bits per heavy atom. The minimum absolute atomic E-state index is 0.0951. The third-order valence-electron chi connectivity index (χ3n) is 5.69. The van der Waals surface area contributed by atoms with Crippen molar-refractivity contribution in [2.75, 3.05) is 13.1 Å². The Balaban J connectivity index is 1.95. The standard InChI is InChI=1S/C18H26N4O/c1-3-22-11-7-6-10-14(22)16-15-12-8-4-5-9-13(12)18(23)19-17(15)21(2)20-16/h14H,3-11H2,1-2H3,(H,19,23). The fraction of sp³-hybridized carbons (Fsp3) is 0.667. The molecule has 2 aromatic heterocycles. The van der Waals surface area contributed by atoms with Crippen molar-refractivity contribution < 1.29 is 0 Å². The van der Waals surface area contributed by atoms with Crippen LogP contribution in [-0.2, 0) is 19.9 Å². The highest BCUT2D eigenvalue weighted by Crippen LogP contribution is 2.36. The summed E-state index contributed by atoms with van der Waals surface area (Å²) in [5.74, 6) is 0. The fourth-order valence-corrected chi connectivity index (χ4v) is 4.51. The van der Waals surface area contributed by atoms with Crippen LogP contribution in [0.4, 0.5) is 0 Å². The van der Waals surface area contributed by atoms with E-state index in [0.29, 0.717) is 6.04 Å². The number of hydrogen-bond acceptors (Lipinski definition) is 3. The molecule has 0 aromatic carbocycles. The zero-order valence-corrected chi connectivity index (χ0v) is 14.2. The van der Waals surface area contributed by atoms with Gasteiger partial charge in [0.15, 0.2) is 0 Å². The predicted molar refractivity (Wildman–Crippen MR) is 91.8 cm³/mol. The molecule has 2 aliphatic rings. The van der Waals surface area contributed by atoms with Gasteiger partial charge in [-0.15, -0.1) is 0 Å². The second-order valence-electron chi connectivity index (χ2n) is 6.99. The zero-order valence-electron chi connectivity index (χ0n) is 14.2. The molecular formula is C18H26N4O. The summed E-state index contributed by atoms with van der Waals surface area (Å²) in [5, 5.41) is 6.11. The maximum atomic E-state index is 12.4. The van der Waals surface area contributed by atoms with Crippen molar-refractivity contribution in [3.05, 3.63) is 27.2 Å². The summed E-state index contributed by atoms with van der Waals surface area (Å²) in [6.45, 7) is 4.46. The van der Waals surface area contributed by atoms with Crippen LogP contribution in [0.3, 0.4) is 0 Å². The van der Waals surface area contributed by atoms with Crippen molar-refractivity contribution in [2.24, 2.45) is 7.05 Å². The molecule has 5 heteroatoms. The van der Waals surface area contributed by atoms with Crippen molar-refractivity contribution in [3.63, 3.8) is 0 Å². The number of aromatic nitrogens is 3. The quantitative estimate of drug-likeness (QED) is 0.927. The van der Waals surface area contributed by atoms with Gasteiger partial charge in [-0.3, -0.25) is 14.4 Å². The molecule has 4 rings (SSSR count). The molecule has 1 fully saturated rings. The molecular weight excluding hydrogens is 288 g/mol. The molecule has 0 bridgehead atoms. The summed E-state index contributed by atoms with van der Waals surface area (Å²) in [6.07, 6.45) is 7.97. The number of pyridine rings is 1. The van der Waals surface area contributed by atoms with E-state index in [1.807, 2.05) is 11.7 Å². The van der Waals surface area contributed by atoms with E-state index in [4.69, 9.17) is 5.10 Å². The van der Waals surface area contributed by atoms with E-state index in [1.54, 1.807) is 0 Å². The lowest BCUT2D eigenvalue weighted by atomic mass is 9.88. The average molecular weight is 314 g/mol. The number of aromatic amines is 1. The number of nitrogens with one attached hydrogen (secondary N) is 1. The predicted octanol–water partition coefficient (Wildman–Crippen LogP) is 2.69. The van der Waals surface area contributed by atoms with Crippen LogP contribution >= 0.6 is 0 Å². The fourth-order valence-electron chi connectivity index (χ4n) is 4.51. The number of piperidine rings is 1. The molecule has 0 spiro atoms. The SMILES string of the molecule is CCN1CCCCC1c1nn(C)c2[nH]c(=O)c3c(c12)CCCC3. The van der Waals surface area contributed by atoms with E-state index in [9.17, 15) is 4.79 Å². The third-order valence-corrected chi connectivity index (χ3v) is 5.69. The summed E-state index contributed by atoms with van der Waals surface area (Å²) in [6, 6.07) is 0.398. The monoisotopic (exact) mass is 314 g/mol. The van der Waals surface area contributed by atoms with Crippen LogP contribution in [-0.4, -0.2) is 32.8 Å². The number of fused-ring (bicyclic) bond motifs is 3. The highest BCUT2D eigenvalue weighted by Gasteiger charge is 2.30. The molecule has 1 unspecified atom stereocenters. The summed E-state index contributed by atoms with van der Waals surface area (Å²) < 4.78 is 1.88. The number of nitrogens with zero attached hydrogens (tertiary/aromatic N) is 3. The molecule has 2 aromatic rings. The minimum Gasteiger partial charge on any atom is -0.307 e. The molecule has 124 valence electrons. The van der Waals surface area contributed by atoms with Crippen LogP contribution in [0.25, 0.3) is 11.0 Å². The Bertz CT molecular complexity index is 788. The molecule has 0 radical (unpaired) electrons. The van der Waals surface area contributed by atoms with Crippen molar-refractivity contribution in [1.29, 1.82) is 0 Å². The Kier molecular flexibility index (Phi) is 3.76. The molecule has 5 nitrogen and oxygen atoms in total. The molecule has 3 heterocycles. The molecule has 1 aliphatic carbocycles. The molecule has 23 heavy (non-hydrogen) atoms. The first-order chi connectivity index (χ1) is 11.2. The summed E-state index contributed by atoms with van der Waals surface area (Å²) >= 11 is 0. The van der Waals surface area contributed by atoms with Gasteiger partial charge in [0.2, 0.25) is 0 Å². The lowest BCUT2D eigenvalue weighted by molar-refractivity contribution is 0.154. The van der Waals surface area contributed by atoms with E-state index in [1.165, 1.54) is 42.3 Å². The number of aryl methyl sites for hydroxylation is 2. The topological polar surface area (TPSA) is 53.9 Å². The van der Waals surface area contributed by atoms with E-state index in [0.717, 1.165) is 43.6 Å². The average Bonchev–Trinajstić information content (AvgIpc) is 2.92. The molecule has 0 amide bonds. The zero-order chi connectivity index (χ0) is 16.0. The number of rotatable bonds is 2. The van der Waals surface area contributed by atoms with E-state index in [-0.39, 0.29) is 5.56 Å². The summed E-state index contributed by atoms with van der Waals surface area (Å²) in [7, 11) is 1.95. The van der Waals surface area contributed by atoms with Gasteiger partial charge in [0.25, 0.3) is 5.56 Å². The van der Waals surface area contributed by atoms with Gasteiger partial charge in [0, 0.05) is 18.0 Å². The lowest BCUT2D eigenvalue weighted by Crippen LogP contribution is -2.33. The summed E-state index contributed by atoms with van der Waals surface area (Å²) in [5.41, 5.74) is 4.49. The van der Waals surface area contributed by atoms with Gasteiger partial charge in [-0.2, -0.15) is 5.10 Å². The molecule has 1 N–H and O–H groups in total. The molecule has 0 saturated carbocycles. The van der Waals surface area contributed by atoms with Crippen molar-refractivity contribution in [2.45, 2.75) is 57.9 Å². The summed E-state index contributed by atoms with van der Waals surface area (Å²) in [4.78, 5) is 18.1. The van der Waals surface area contributed by atoms with Crippen molar-refractivity contribution in [1.82, 2.24) is 19.7 Å². The van der Waals surface area contributed by atoms with E-state index in [2.05, 4.69) is 16.8 Å². The van der Waals surface area contributed by atoms with E-state index < -0.39 is 0 Å². The Labute approximate surface area is 136 Å². The van der Waals surface area contributed by atoms with Crippen LogP contribution in [0.15, 0.2) is 4.79 Å². The highest BCUT2D eigenvalue weighted by molar-refractivity contribution is 5.84. The van der Waals surface area contributed by atoms with Gasteiger partial charge in [-0.1, -0.05) is 13.3 Å². The van der Waals surface area contributed by atoms with Gasteiger partial charge in [-0.25, -0.2) is 0 Å². The Morgan fingerprint density at radius 1 is 1.17 bits per heavy atom. The first-order valence-corrected chi connectivity index (χ1v) is 9.05. The van der Waals surface area contributed by atoms with E-state index >= 15 is 0 Å². The molecule has 1 atom stereocenters. The van der Waals surface area contributed by atoms with Gasteiger partial charge >= 0.3 is 0 Å². The van der Waals surface area contributed by atoms with Crippen LogP contribution in [0, 0.1) is 0 Å². The van der Waals surface area contributed by atoms with Crippen LogP contribution < -0.4 is 5.56 Å². The number of hydrogen-bond donors (Lipinski definition) is 1. The first-order valence-electron chi connectivity index (χ1n) is 9.05. The van der Waals surface area contributed by atoms with Gasteiger partial charge in [0.05, 0.1) is 11.7 Å². The molecule has 1 aliphatic heterocycles. The smallest absolute Gasteiger partial charge is 0.253 e. The van der Waals surface area contributed by atoms with Crippen LogP contribution in [0.1, 0.15) is 61.9 Å². The number of likely N-dealkylation sites (tertiary alicyclic amines) is 1. The maximum absolute atomic E-state index is 12.4. The number of H-pyrrole nitrogens is 1. The van der Waals surface area contributed by atoms with Gasteiger partial charge in [0.1, 0.15) is 5.65 Å². The maximum Gasteiger partial charge on any atom is 0.253 e. The van der Waals surface area contributed by atoms with Crippen molar-refractivity contribution >= 4 is 11.0 Å². The third kappa shape index (κ3) is 2.33. The normalized spacial score (nSPS) is 22.4. The second-order valence-corrected chi connectivity index (χ2v) is 6.99. The Hall–Kier alpha value is -1.62. The molecule has 1 saturated heterocycles. The van der Waals surface area contributed by atoms with Crippen LogP contribution in [0.5, 0.6) is 0 Å². The largest absolute Gasteiger partial charge is 0.307 e. The minimum atomic E-state index is 0.0951. The van der Waals surface area contributed by atoms with Crippen LogP contribution in [0.2, 0.25) is 0 Å². The Morgan fingerprint density at radius 2 is 1.96 bits per heavy atom. The van der Waals surface area contributed by atoms with Gasteiger partial charge in [-0.05, 0) is 57.2 Å². The van der Waals surface area contributed by atoms with Crippen molar-refractivity contribution in [3.8, 4) is 0 Å².